The van der Waals surface area contributed by atoms with E-state index in [0.717, 1.165) is 6.42 Å². The first-order chi connectivity index (χ1) is 5.00. The van der Waals surface area contributed by atoms with Crippen molar-refractivity contribution >= 4 is 0 Å². The van der Waals surface area contributed by atoms with Crippen molar-refractivity contribution in [2.45, 2.75) is 20.3 Å². The van der Waals surface area contributed by atoms with Crippen LogP contribution in [0.3, 0.4) is 0 Å². The van der Waals surface area contributed by atoms with E-state index in [1.165, 1.54) is 0 Å². The van der Waals surface area contributed by atoms with Gasteiger partial charge in [-0.2, -0.15) is 0 Å². The third-order valence-corrected chi connectivity index (χ3v) is 0.929. The second kappa shape index (κ2) is 8.00. The molecule has 0 radical (unpaired) electrons. The molecule has 0 N–H and O–H groups in total. The highest BCUT2D eigenvalue weighted by atomic mass is 13.7. The van der Waals surface area contributed by atoms with Crippen LogP contribution in [0.4, 0.5) is 0 Å². The van der Waals surface area contributed by atoms with Crippen LogP contribution < -0.4 is 0 Å². The number of hydrogen-bond acceptors (Lipinski definition) is 0. The zero-order valence-electron chi connectivity index (χ0n) is 6.67. The molecule has 0 aromatic rings. The zero-order chi connectivity index (χ0) is 7.66. The molecule has 1 aliphatic rings. The van der Waals surface area contributed by atoms with E-state index in [9.17, 15) is 0 Å². The molecule has 0 aromatic heterocycles. The maximum absolute atomic E-state index is 2.96. The molecule has 0 fully saturated rings. The van der Waals surface area contributed by atoms with Crippen LogP contribution in [0.2, 0.25) is 0 Å². The lowest BCUT2D eigenvalue weighted by atomic mass is 10.3. The van der Waals surface area contributed by atoms with E-state index in [0.29, 0.717) is 0 Å². The van der Waals surface area contributed by atoms with E-state index >= 15 is 0 Å². The van der Waals surface area contributed by atoms with Crippen LogP contribution >= 0.6 is 0 Å². The van der Waals surface area contributed by atoms with Crippen molar-refractivity contribution in [2.75, 3.05) is 0 Å². The molecule has 0 amide bonds. The molecule has 0 aliphatic heterocycles. The van der Waals surface area contributed by atoms with Gasteiger partial charge in [0.1, 0.15) is 0 Å². The van der Waals surface area contributed by atoms with Crippen LogP contribution in [0.5, 0.6) is 0 Å². The lowest BCUT2D eigenvalue weighted by Crippen LogP contribution is -1.58. The smallest absolute Gasteiger partial charge is 0.0162 e. The predicted octanol–water partition coefficient (Wildman–Crippen LogP) is 3.24. The Kier molecular flexibility index (Phi) is 7.20. The SMILES string of the molecule is C1=C/C=C\C/C=C\C=1.CC. The van der Waals surface area contributed by atoms with Gasteiger partial charge in [0.2, 0.25) is 0 Å². The van der Waals surface area contributed by atoms with Gasteiger partial charge in [0.25, 0.3) is 0 Å². The molecule has 0 heterocycles. The fraction of sp³-hybridized carbons (Fsp3) is 0.300. The summed E-state index contributed by atoms with van der Waals surface area (Å²) in [6, 6.07) is 0. The lowest BCUT2D eigenvalue weighted by molar-refractivity contribution is 1.39. The van der Waals surface area contributed by atoms with Gasteiger partial charge in [-0.05, 0) is 18.6 Å². The molecule has 0 nitrogen and oxygen atoms in total. The Labute approximate surface area is 63.3 Å². The van der Waals surface area contributed by atoms with E-state index in [1.54, 1.807) is 0 Å². The summed E-state index contributed by atoms with van der Waals surface area (Å²) in [6.07, 6.45) is 13.0. The van der Waals surface area contributed by atoms with Crippen molar-refractivity contribution in [3.63, 3.8) is 0 Å². The summed E-state index contributed by atoms with van der Waals surface area (Å²) in [7, 11) is 0. The van der Waals surface area contributed by atoms with Crippen LogP contribution in [0.1, 0.15) is 20.3 Å². The van der Waals surface area contributed by atoms with Gasteiger partial charge in [-0.15, -0.1) is 5.73 Å². The number of hydrogen-bond donors (Lipinski definition) is 0. The van der Waals surface area contributed by atoms with E-state index in [4.69, 9.17) is 0 Å². The largest absolute Gasteiger partial charge is 0.121 e. The molecule has 0 atom stereocenters. The third-order valence-electron chi connectivity index (χ3n) is 0.929. The molecular formula is C10H14. The first-order valence-electron chi connectivity index (χ1n) is 3.73. The average molecular weight is 134 g/mol. The van der Waals surface area contributed by atoms with Crippen LogP contribution in [0, 0.1) is 0 Å². The highest BCUT2D eigenvalue weighted by Gasteiger charge is 1.68. The molecule has 0 aromatic carbocycles. The minimum atomic E-state index is 1.04. The van der Waals surface area contributed by atoms with Crippen LogP contribution in [0.15, 0.2) is 42.2 Å². The molecule has 1 rings (SSSR count). The molecule has 1 aliphatic carbocycles. The van der Waals surface area contributed by atoms with E-state index in [2.05, 4.69) is 17.9 Å². The quantitative estimate of drug-likeness (QED) is 0.446. The lowest BCUT2D eigenvalue weighted by Gasteiger charge is -1.78. The van der Waals surface area contributed by atoms with Crippen molar-refractivity contribution in [3.8, 4) is 0 Å². The Balaban J connectivity index is 0.000000371. The molecule has 10 heavy (non-hydrogen) atoms. The van der Waals surface area contributed by atoms with Crippen molar-refractivity contribution in [3.05, 3.63) is 42.2 Å². The topological polar surface area (TPSA) is 0 Å². The molecule has 0 spiro atoms. The summed E-state index contributed by atoms with van der Waals surface area (Å²) >= 11 is 0. The van der Waals surface area contributed by atoms with Gasteiger partial charge in [-0.1, -0.05) is 38.2 Å². The van der Waals surface area contributed by atoms with Gasteiger partial charge >= 0.3 is 0 Å². The Morgan fingerprint density at radius 2 is 1.50 bits per heavy atom. The average Bonchev–Trinajstić information content (AvgIpc) is 1.90. The fourth-order valence-electron chi connectivity index (χ4n) is 0.538. The second-order valence-electron chi connectivity index (χ2n) is 1.59. The van der Waals surface area contributed by atoms with Gasteiger partial charge in [0.15, 0.2) is 0 Å². The van der Waals surface area contributed by atoms with Crippen LogP contribution in [-0.4, -0.2) is 0 Å². The van der Waals surface area contributed by atoms with Crippen molar-refractivity contribution in [2.24, 2.45) is 0 Å². The Hall–Kier alpha value is -1.00. The third kappa shape index (κ3) is 5.14. The van der Waals surface area contributed by atoms with E-state index < -0.39 is 0 Å². The van der Waals surface area contributed by atoms with Gasteiger partial charge in [-0.25, -0.2) is 0 Å². The summed E-state index contributed by atoms with van der Waals surface area (Å²) in [5.74, 6) is 0. The van der Waals surface area contributed by atoms with Crippen molar-refractivity contribution in [1.29, 1.82) is 0 Å². The Bertz CT molecular complexity index is 148. The second-order valence-corrected chi connectivity index (χ2v) is 1.59. The maximum Gasteiger partial charge on any atom is -0.0162 e. The van der Waals surface area contributed by atoms with Gasteiger partial charge < -0.3 is 0 Å². The Morgan fingerprint density at radius 3 is 2.00 bits per heavy atom. The summed E-state index contributed by atoms with van der Waals surface area (Å²) in [6.45, 7) is 4.00. The monoisotopic (exact) mass is 134 g/mol. The number of allylic oxidation sites excluding steroid dienone is 5. The van der Waals surface area contributed by atoms with Gasteiger partial charge in [0.05, 0.1) is 0 Å². The number of rotatable bonds is 0. The van der Waals surface area contributed by atoms with Crippen LogP contribution in [-0.2, 0) is 0 Å². The van der Waals surface area contributed by atoms with E-state index in [1.807, 2.05) is 38.2 Å². The predicted molar refractivity (Wildman–Crippen MR) is 46.9 cm³/mol. The zero-order valence-corrected chi connectivity index (χ0v) is 6.67. The minimum Gasteiger partial charge on any atom is -0.121 e. The summed E-state index contributed by atoms with van der Waals surface area (Å²) in [5.41, 5.74) is 2.96. The first-order valence-corrected chi connectivity index (χ1v) is 3.73. The molecule has 0 saturated carbocycles. The highest BCUT2D eigenvalue weighted by Crippen LogP contribution is 1.89. The maximum atomic E-state index is 2.96. The summed E-state index contributed by atoms with van der Waals surface area (Å²) < 4.78 is 0. The van der Waals surface area contributed by atoms with Gasteiger partial charge in [-0.3, -0.25) is 0 Å². The Morgan fingerprint density at radius 1 is 1.00 bits per heavy atom. The van der Waals surface area contributed by atoms with E-state index in [-0.39, 0.29) is 0 Å². The molecule has 0 unspecified atom stereocenters. The molecule has 0 bridgehead atoms. The van der Waals surface area contributed by atoms with Crippen molar-refractivity contribution in [1.82, 2.24) is 0 Å². The summed E-state index contributed by atoms with van der Waals surface area (Å²) in [5, 5.41) is 0. The highest BCUT2D eigenvalue weighted by molar-refractivity contribution is 5.13. The standard InChI is InChI=1S/C8H8.C2H6/c1-2-4-6-8-7-5-3-1;1-2/h1-3,6-8H,4H2;1-2H3/b2-1-,8-6-;. The molecule has 0 heteroatoms. The fourth-order valence-corrected chi connectivity index (χ4v) is 0.538. The first kappa shape index (κ1) is 9.00. The molecular weight excluding hydrogens is 120 g/mol. The summed E-state index contributed by atoms with van der Waals surface area (Å²) in [4.78, 5) is 0. The van der Waals surface area contributed by atoms with Crippen LogP contribution in [0.25, 0.3) is 0 Å². The normalized spacial score (nSPS) is 19.8. The van der Waals surface area contributed by atoms with Crippen molar-refractivity contribution < 1.29 is 0 Å². The van der Waals surface area contributed by atoms with Gasteiger partial charge in [0, 0.05) is 0 Å². The minimum absolute atomic E-state index is 1.04. The molecule has 54 valence electrons. The molecule has 0 saturated heterocycles.